The van der Waals surface area contributed by atoms with Gasteiger partial charge < -0.3 is 14.7 Å². The van der Waals surface area contributed by atoms with Gasteiger partial charge in [-0.05, 0) is 26.1 Å². The first kappa shape index (κ1) is 9.02. The molecule has 0 bridgehead atoms. The van der Waals surface area contributed by atoms with Crippen molar-refractivity contribution in [3.05, 3.63) is 29.8 Å². The third kappa shape index (κ3) is 1.56. The third-order valence-electron chi connectivity index (χ3n) is 2.08. The number of nitrogens with one attached hydrogen (secondary N) is 2. The zero-order valence-electron chi connectivity index (χ0n) is 8.29. The minimum Gasteiger partial charge on any atom is -0.461 e. The van der Waals surface area contributed by atoms with E-state index in [0.29, 0.717) is 0 Å². The highest BCUT2D eigenvalue weighted by molar-refractivity contribution is 5.47. The van der Waals surface area contributed by atoms with Crippen LogP contribution >= 0.6 is 0 Å². The van der Waals surface area contributed by atoms with Crippen LogP contribution in [0, 0.1) is 6.92 Å². The van der Waals surface area contributed by atoms with Crippen LogP contribution in [-0.2, 0) is 6.54 Å². The van der Waals surface area contributed by atoms with Crippen LogP contribution in [0.1, 0.15) is 11.4 Å². The fourth-order valence-corrected chi connectivity index (χ4v) is 1.37. The first-order valence-electron chi connectivity index (χ1n) is 4.55. The second-order valence-corrected chi connectivity index (χ2v) is 3.16. The van der Waals surface area contributed by atoms with Crippen molar-refractivity contribution in [2.24, 2.45) is 0 Å². The van der Waals surface area contributed by atoms with Crippen LogP contribution in [0.4, 0.5) is 0 Å². The predicted octanol–water partition coefficient (Wildman–Crippen LogP) is 1.70. The zero-order chi connectivity index (χ0) is 9.97. The molecule has 0 atom stereocenters. The van der Waals surface area contributed by atoms with Gasteiger partial charge in [0, 0.05) is 12.2 Å². The zero-order valence-corrected chi connectivity index (χ0v) is 8.29. The predicted molar refractivity (Wildman–Crippen MR) is 53.8 cm³/mol. The van der Waals surface area contributed by atoms with Crippen molar-refractivity contribution in [3.8, 4) is 11.6 Å². The lowest BCUT2D eigenvalue weighted by molar-refractivity contribution is 0.578. The maximum atomic E-state index is 5.25. The van der Waals surface area contributed by atoms with Gasteiger partial charge >= 0.3 is 0 Å². The standard InChI is InChI=1S/C10H13N3O/c1-7-8(6-11-2)13-10(12-7)9-4-3-5-14-9/h3-5,11H,6H2,1-2H3,(H,12,13). The summed E-state index contributed by atoms with van der Waals surface area (Å²) >= 11 is 0. The molecule has 0 aliphatic rings. The van der Waals surface area contributed by atoms with E-state index in [9.17, 15) is 0 Å². The van der Waals surface area contributed by atoms with Crippen LogP contribution in [0.3, 0.4) is 0 Å². The van der Waals surface area contributed by atoms with Crippen LogP contribution in [0.2, 0.25) is 0 Å². The fourth-order valence-electron chi connectivity index (χ4n) is 1.37. The monoisotopic (exact) mass is 191 g/mol. The molecule has 0 saturated heterocycles. The summed E-state index contributed by atoms with van der Waals surface area (Å²) in [4.78, 5) is 7.62. The Labute approximate surface area is 82.4 Å². The van der Waals surface area contributed by atoms with E-state index in [2.05, 4.69) is 15.3 Å². The van der Waals surface area contributed by atoms with Crippen LogP contribution in [0.25, 0.3) is 11.6 Å². The van der Waals surface area contributed by atoms with Crippen molar-refractivity contribution in [1.29, 1.82) is 0 Å². The van der Waals surface area contributed by atoms with E-state index < -0.39 is 0 Å². The molecule has 0 aliphatic carbocycles. The second kappa shape index (κ2) is 3.67. The lowest BCUT2D eigenvalue weighted by Gasteiger charge is -1.93. The second-order valence-electron chi connectivity index (χ2n) is 3.16. The van der Waals surface area contributed by atoms with Crippen molar-refractivity contribution in [2.75, 3.05) is 7.05 Å². The third-order valence-corrected chi connectivity index (χ3v) is 2.08. The Morgan fingerprint density at radius 3 is 3.07 bits per heavy atom. The molecule has 2 rings (SSSR count). The number of aromatic nitrogens is 2. The maximum Gasteiger partial charge on any atom is 0.174 e. The van der Waals surface area contributed by atoms with Crippen molar-refractivity contribution < 1.29 is 4.42 Å². The minimum atomic E-state index is 0.767. The molecule has 0 radical (unpaired) electrons. The van der Waals surface area contributed by atoms with Crippen molar-refractivity contribution in [3.63, 3.8) is 0 Å². The molecule has 2 heterocycles. The molecule has 0 fully saturated rings. The Kier molecular flexibility index (Phi) is 2.37. The van der Waals surface area contributed by atoms with E-state index in [-0.39, 0.29) is 0 Å². The molecule has 74 valence electrons. The molecule has 4 nitrogen and oxygen atoms in total. The molecular formula is C10H13N3O. The molecule has 0 aliphatic heterocycles. The molecule has 0 unspecified atom stereocenters. The largest absolute Gasteiger partial charge is 0.461 e. The van der Waals surface area contributed by atoms with E-state index in [0.717, 1.165) is 29.5 Å². The highest BCUT2D eigenvalue weighted by Crippen LogP contribution is 2.17. The first-order chi connectivity index (χ1) is 6.81. The summed E-state index contributed by atoms with van der Waals surface area (Å²) in [5, 5.41) is 3.07. The Bertz CT molecular complexity index is 403. The summed E-state index contributed by atoms with van der Waals surface area (Å²) in [7, 11) is 1.90. The molecule has 0 spiro atoms. The SMILES string of the molecule is CNCc1nc(-c2ccco2)[nH]c1C. The number of nitrogens with zero attached hydrogens (tertiary/aromatic N) is 1. The van der Waals surface area contributed by atoms with Gasteiger partial charge in [-0.25, -0.2) is 4.98 Å². The van der Waals surface area contributed by atoms with Gasteiger partial charge in [-0.3, -0.25) is 0 Å². The number of aryl methyl sites for hydroxylation is 1. The van der Waals surface area contributed by atoms with E-state index in [4.69, 9.17) is 4.42 Å². The van der Waals surface area contributed by atoms with Crippen LogP contribution in [0.5, 0.6) is 0 Å². The van der Waals surface area contributed by atoms with Gasteiger partial charge in [0.2, 0.25) is 0 Å². The van der Waals surface area contributed by atoms with Crippen LogP contribution in [0.15, 0.2) is 22.8 Å². The average molecular weight is 191 g/mol. The summed E-state index contributed by atoms with van der Waals surface area (Å²) in [5.41, 5.74) is 2.10. The van der Waals surface area contributed by atoms with Gasteiger partial charge in [-0.2, -0.15) is 0 Å². The normalized spacial score (nSPS) is 10.7. The van der Waals surface area contributed by atoms with E-state index in [1.54, 1.807) is 6.26 Å². The topological polar surface area (TPSA) is 53.9 Å². The fraction of sp³-hybridized carbons (Fsp3) is 0.300. The number of hydrogen-bond donors (Lipinski definition) is 2. The van der Waals surface area contributed by atoms with Crippen molar-refractivity contribution in [2.45, 2.75) is 13.5 Å². The average Bonchev–Trinajstić information content (AvgIpc) is 2.76. The van der Waals surface area contributed by atoms with E-state index >= 15 is 0 Å². The highest BCUT2D eigenvalue weighted by atomic mass is 16.3. The Hall–Kier alpha value is -1.55. The number of imidazole rings is 1. The lowest BCUT2D eigenvalue weighted by atomic mass is 10.3. The summed E-state index contributed by atoms with van der Waals surface area (Å²) in [6.07, 6.45) is 1.64. The van der Waals surface area contributed by atoms with Crippen LogP contribution in [-0.4, -0.2) is 17.0 Å². The molecule has 14 heavy (non-hydrogen) atoms. The summed E-state index contributed by atoms with van der Waals surface area (Å²) in [5.74, 6) is 1.56. The van der Waals surface area contributed by atoms with Gasteiger partial charge in [-0.1, -0.05) is 0 Å². The first-order valence-corrected chi connectivity index (χ1v) is 4.55. The molecular weight excluding hydrogens is 178 g/mol. The lowest BCUT2D eigenvalue weighted by Crippen LogP contribution is -2.06. The molecule has 0 saturated carbocycles. The van der Waals surface area contributed by atoms with E-state index in [1.807, 2.05) is 26.1 Å². The summed E-state index contributed by atoms with van der Waals surface area (Å²) in [6.45, 7) is 2.77. The Balaban J connectivity index is 2.33. The highest BCUT2D eigenvalue weighted by Gasteiger charge is 2.08. The van der Waals surface area contributed by atoms with Crippen molar-refractivity contribution in [1.82, 2.24) is 15.3 Å². The number of H-pyrrole nitrogens is 1. The molecule has 4 heteroatoms. The number of furan rings is 1. The van der Waals surface area contributed by atoms with Crippen molar-refractivity contribution >= 4 is 0 Å². The summed E-state index contributed by atoms with van der Waals surface area (Å²) < 4.78 is 5.25. The smallest absolute Gasteiger partial charge is 0.174 e. The van der Waals surface area contributed by atoms with Gasteiger partial charge in [-0.15, -0.1) is 0 Å². The van der Waals surface area contributed by atoms with E-state index in [1.165, 1.54) is 0 Å². The van der Waals surface area contributed by atoms with Gasteiger partial charge in [0.05, 0.1) is 12.0 Å². The van der Waals surface area contributed by atoms with Crippen LogP contribution < -0.4 is 5.32 Å². The number of aromatic amines is 1. The minimum absolute atomic E-state index is 0.767. The van der Waals surface area contributed by atoms with Gasteiger partial charge in [0.1, 0.15) is 0 Å². The molecule has 0 aromatic carbocycles. The quantitative estimate of drug-likeness (QED) is 0.776. The van der Waals surface area contributed by atoms with Gasteiger partial charge in [0.15, 0.2) is 11.6 Å². The van der Waals surface area contributed by atoms with Gasteiger partial charge in [0.25, 0.3) is 0 Å². The Morgan fingerprint density at radius 1 is 1.57 bits per heavy atom. The number of hydrogen-bond acceptors (Lipinski definition) is 3. The maximum absolute atomic E-state index is 5.25. The number of rotatable bonds is 3. The Morgan fingerprint density at radius 2 is 2.43 bits per heavy atom. The molecule has 2 aromatic rings. The summed E-state index contributed by atoms with van der Waals surface area (Å²) in [6, 6.07) is 3.74. The molecule has 2 aromatic heterocycles. The molecule has 2 N–H and O–H groups in total. The molecule has 0 amide bonds.